The number of hydrogen-bond donors (Lipinski definition) is 3. The van der Waals surface area contributed by atoms with Crippen molar-refractivity contribution in [3.05, 3.63) is 58.1 Å². The Hall–Kier alpha value is -2.25. The van der Waals surface area contributed by atoms with Gasteiger partial charge in [0.25, 0.3) is 0 Å². The van der Waals surface area contributed by atoms with E-state index in [0.717, 1.165) is 16.7 Å². The molecule has 2 aliphatic rings. The van der Waals surface area contributed by atoms with Crippen molar-refractivity contribution >= 4 is 13.6 Å². The minimum absolute atomic E-state index is 0.0354. The summed E-state index contributed by atoms with van der Waals surface area (Å²) in [6.45, 7) is 0.614. The molecule has 1 aromatic heterocycles. The Morgan fingerprint density at radius 2 is 2.06 bits per heavy atom. The van der Waals surface area contributed by atoms with Crippen LogP contribution in [0, 0.1) is 11.6 Å². The van der Waals surface area contributed by atoms with Gasteiger partial charge in [0.15, 0.2) is 6.23 Å². The minimum atomic E-state index is -4.21. The van der Waals surface area contributed by atoms with Crippen LogP contribution in [0.15, 0.2) is 35.3 Å². The maximum Gasteiger partial charge on any atom is 0.475 e. The van der Waals surface area contributed by atoms with Crippen LogP contribution in [-0.4, -0.2) is 50.8 Å². The normalized spacial score (nSPS) is 34.5. The van der Waals surface area contributed by atoms with Crippen molar-refractivity contribution in [1.82, 2.24) is 9.55 Å². The Kier molecular flexibility index (Phi) is 6.40. The number of benzene rings is 1. The van der Waals surface area contributed by atoms with Crippen LogP contribution in [0.4, 0.5) is 14.6 Å². The van der Waals surface area contributed by atoms with E-state index in [9.17, 15) is 28.4 Å². The maximum atomic E-state index is 13.5. The van der Waals surface area contributed by atoms with Crippen LogP contribution < -0.4 is 11.4 Å². The van der Waals surface area contributed by atoms with Crippen molar-refractivity contribution in [2.24, 2.45) is 0 Å². The second-order valence-corrected chi connectivity index (χ2v) is 9.52. The summed E-state index contributed by atoms with van der Waals surface area (Å²) in [6.07, 6.45) is -3.69. The number of nitrogen functional groups attached to an aromatic ring is 1. The van der Waals surface area contributed by atoms with Crippen molar-refractivity contribution in [2.45, 2.75) is 43.5 Å². The Morgan fingerprint density at radius 1 is 1.36 bits per heavy atom. The Bertz CT molecular complexity index is 1130. The fourth-order valence-corrected chi connectivity index (χ4v) is 5.11. The number of nitrogens with zero attached hydrogens (tertiary/aromatic N) is 2. The van der Waals surface area contributed by atoms with Crippen LogP contribution in [0.1, 0.15) is 31.2 Å². The molecule has 11 nitrogen and oxygen atoms in total. The molecule has 0 spiro atoms. The zero-order chi connectivity index (χ0) is 24.0. The summed E-state index contributed by atoms with van der Waals surface area (Å²) < 4.78 is 62.3. The molecule has 2 fully saturated rings. The molecule has 14 heteroatoms. The molecule has 1 aromatic carbocycles. The summed E-state index contributed by atoms with van der Waals surface area (Å²) in [5.41, 5.74) is 2.83. The topological polar surface area (TPSA) is 155 Å². The molecule has 0 saturated carbocycles. The quantitative estimate of drug-likeness (QED) is 0.525. The van der Waals surface area contributed by atoms with Gasteiger partial charge in [0.1, 0.15) is 35.3 Å². The number of hydrogen-bond acceptors (Lipinski definition) is 10. The lowest BCUT2D eigenvalue weighted by Gasteiger charge is -2.30. The SMILES string of the molecule is C[C@@]1(O)[C@H](O)[C@@H](COP2(=O)OCCC(c3cc(F)cc(F)c3)O2)O[C@H]1n1ccc(N)nc1=O. The predicted octanol–water partition coefficient (Wildman–Crippen LogP) is 1.42. The number of phosphoric acid groups is 1. The molecule has 2 aromatic rings. The molecule has 0 radical (unpaired) electrons. The van der Waals surface area contributed by atoms with Gasteiger partial charge in [0.05, 0.1) is 19.3 Å². The number of aliphatic hydroxyl groups excluding tert-OH is 1. The van der Waals surface area contributed by atoms with Crippen molar-refractivity contribution in [2.75, 3.05) is 18.9 Å². The number of halogens is 2. The second-order valence-electron chi connectivity index (χ2n) is 7.90. The van der Waals surface area contributed by atoms with Gasteiger partial charge in [-0.1, -0.05) is 0 Å². The maximum absolute atomic E-state index is 13.5. The number of aromatic nitrogens is 2. The van der Waals surface area contributed by atoms with Crippen LogP contribution in [0.25, 0.3) is 0 Å². The molecular weight excluding hydrogens is 467 g/mol. The first kappa shape index (κ1) is 23.9. The standard InChI is InChI=1S/C19H22F2N3O8P/c1-19(27)16(25)14(31-17(19)24-4-2-15(22)23-18(24)26)9-30-33(28)29-5-3-13(32-33)10-6-11(20)8-12(21)7-10/h2,4,6-8,13-14,16-17,25,27H,3,5,9H2,1H3,(H2,22,23,26)/t13?,14-,16-,17-,19-,33?/m1/s1. The lowest BCUT2D eigenvalue weighted by Crippen LogP contribution is -2.46. The monoisotopic (exact) mass is 489 g/mol. The van der Waals surface area contributed by atoms with Gasteiger partial charge in [0.2, 0.25) is 0 Å². The highest BCUT2D eigenvalue weighted by Crippen LogP contribution is 2.57. The molecule has 6 atom stereocenters. The number of anilines is 1. The summed E-state index contributed by atoms with van der Waals surface area (Å²) in [4.78, 5) is 15.7. The van der Waals surface area contributed by atoms with Gasteiger partial charge in [0, 0.05) is 18.7 Å². The van der Waals surface area contributed by atoms with Crippen LogP contribution in [-0.2, 0) is 22.9 Å². The summed E-state index contributed by atoms with van der Waals surface area (Å²) in [5, 5.41) is 21.3. The highest BCUT2D eigenvalue weighted by Gasteiger charge is 2.54. The Morgan fingerprint density at radius 3 is 2.73 bits per heavy atom. The summed E-state index contributed by atoms with van der Waals surface area (Å²) in [5.74, 6) is -1.68. The van der Waals surface area contributed by atoms with Crippen molar-refractivity contribution in [3.8, 4) is 0 Å². The first-order valence-electron chi connectivity index (χ1n) is 9.92. The average molecular weight is 489 g/mol. The number of ether oxygens (including phenoxy) is 1. The molecule has 0 amide bonds. The average Bonchev–Trinajstić information content (AvgIpc) is 2.95. The third-order valence-corrected chi connectivity index (χ3v) is 6.87. The third-order valence-electron chi connectivity index (χ3n) is 5.40. The van der Waals surface area contributed by atoms with Crippen molar-refractivity contribution < 1.29 is 41.9 Å². The number of phosphoric ester groups is 1. The van der Waals surface area contributed by atoms with Gasteiger partial charge in [-0.25, -0.2) is 18.1 Å². The molecule has 0 aliphatic carbocycles. The largest absolute Gasteiger partial charge is 0.475 e. The summed E-state index contributed by atoms with van der Waals surface area (Å²) >= 11 is 0. The molecule has 2 aliphatic heterocycles. The van der Waals surface area contributed by atoms with Gasteiger partial charge >= 0.3 is 13.5 Å². The Balaban J connectivity index is 1.46. The predicted molar refractivity (Wildman–Crippen MR) is 108 cm³/mol. The molecule has 33 heavy (non-hydrogen) atoms. The van der Waals surface area contributed by atoms with Gasteiger partial charge in [-0.2, -0.15) is 4.98 Å². The van der Waals surface area contributed by atoms with E-state index in [-0.39, 0.29) is 24.4 Å². The van der Waals surface area contributed by atoms with Crippen molar-refractivity contribution in [3.63, 3.8) is 0 Å². The molecule has 180 valence electrons. The van der Waals surface area contributed by atoms with Crippen LogP contribution in [0.2, 0.25) is 0 Å². The van der Waals surface area contributed by atoms with E-state index < -0.39 is 61.9 Å². The van der Waals surface area contributed by atoms with E-state index in [0.29, 0.717) is 6.07 Å². The van der Waals surface area contributed by atoms with Gasteiger partial charge in [-0.15, -0.1) is 0 Å². The summed E-state index contributed by atoms with van der Waals surface area (Å²) in [7, 11) is -4.21. The van der Waals surface area contributed by atoms with E-state index in [2.05, 4.69) is 4.98 Å². The molecule has 2 saturated heterocycles. The van der Waals surface area contributed by atoms with E-state index in [1.54, 1.807) is 0 Å². The smallest absolute Gasteiger partial charge is 0.387 e. The number of rotatable bonds is 5. The van der Waals surface area contributed by atoms with Crippen molar-refractivity contribution in [1.29, 1.82) is 0 Å². The summed E-state index contributed by atoms with van der Waals surface area (Å²) in [6, 6.07) is 4.11. The fourth-order valence-electron chi connectivity index (χ4n) is 3.71. The molecular formula is C19H22F2N3O8P. The lowest BCUT2D eigenvalue weighted by molar-refractivity contribution is -0.0989. The number of nitrogens with two attached hydrogens (primary N) is 1. The van der Waals surface area contributed by atoms with Gasteiger partial charge in [-0.3, -0.25) is 18.1 Å². The molecule has 4 N–H and O–H groups in total. The molecule has 2 unspecified atom stereocenters. The van der Waals surface area contributed by atoms with Gasteiger partial charge in [-0.05, 0) is 30.7 Å². The van der Waals surface area contributed by atoms with E-state index in [4.69, 9.17) is 24.0 Å². The molecule has 0 bridgehead atoms. The van der Waals surface area contributed by atoms with Crippen LogP contribution in [0.3, 0.4) is 0 Å². The highest BCUT2D eigenvalue weighted by molar-refractivity contribution is 7.48. The zero-order valence-electron chi connectivity index (χ0n) is 17.3. The third kappa shape index (κ3) is 4.85. The lowest BCUT2D eigenvalue weighted by atomic mass is 9.96. The first-order valence-corrected chi connectivity index (χ1v) is 11.4. The van der Waals surface area contributed by atoms with Crippen LogP contribution in [0.5, 0.6) is 0 Å². The Labute approximate surface area is 186 Å². The zero-order valence-corrected chi connectivity index (χ0v) is 18.2. The van der Waals surface area contributed by atoms with E-state index >= 15 is 0 Å². The molecule has 3 heterocycles. The molecule has 4 rings (SSSR count). The van der Waals surface area contributed by atoms with Crippen LogP contribution >= 0.6 is 7.82 Å². The van der Waals surface area contributed by atoms with E-state index in [1.807, 2.05) is 0 Å². The fraction of sp³-hybridized carbons (Fsp3) is 0.474. The minimum Gasteiger partial charge on any atom is -0.387 e. The second kappa shape index (κ2) is 8.84. The number of aliphatic hydroxyl groups is 2. The van der Waals surface area contributed by atoms with E-state index in [1.165, 1.54) is 19.2 Å². The highest BCUT2D eigenvalue weighted by atomic mass is 31.2. The van der Waals surface area contributed by atoms with Gasteiger partial charge < -0.3 is 20.7 Å². The first-order chi connectivity index (χ1) is 15.5.